The van der Waals surface area contributed by atoms with Gasteiger partial charge < -0.3 is 15.5 Å². The number of carbonyl (C=O) groups excluding carboxylic acids is 1. The minimum absolute atomic E-state index is 0.133. The summed E-state index contributed by atoms with van der Waals surface area (Å²) in [6.45, 7) is 1.09. The first-order valence-corrected chi connectivity index (χ1v) is 5.86. The molecule has 1 amide bonds. The van der Waals surface area contributed by atoms with Crippen LogP contribution in [0.1, 0.15) is 42.0 Å². The quantitative estimate of drug-likeness (QED) is 0.814. The molecule has 2 rings (SSSR count). The van der Waals surface area contributed by atoms with Crippen molar-refractivity contribution in [2.45, 2.75) is 32.2 Å². The highest BCUT2D eigenvalue weighted by atomic mass is 16.4. The molecule has 1 fully saturated rings. The summed E-state index contributed by atoms with van der Waals surface area (Å²) in [6.07, 6.45) is 5.04. The zero-order valence-electron chi connectivity index (χ0n) is 9.37. The van der Waals surface area contributed by atoms with Crippen molar-refractivity contribution in [3.63, 3.8) is 0 Å². The van der Waals surface area contributed by atoms with Gasteiger partial charge in [-0.2, -0.15) is 0 Å². The number of hydrogen-bond donors (Lipinski definition) is 2. The molecular formula is C12H18N2O2. The van der Waals surface area contributed by atoms with Gasteiger partial charge in [-0.25, -0.2) is 0 Å². The van der Waals surface area contributed by atoms with Gasteiger partial charge in [0.25, 0.3) is 5.91 Å². The fourth-order valence-corrected chi connectivity index (χ4v) is 2.15. The van der Waals surface area contributed by atoms with Crippen molar-refractivity contribution < 1.29 is 9.21 Å². The normalized spacial score (nSPS) is 16.6. The van der Waals surface area contributed by atoms with Gasteiger partial charge >= 0.3 is 0 Å². The summed E-state index contributed by atoms with van der Waals surface area (Å²) < 4.78 is 5.27. The van der Waals surface area contributed by atoms with Crippen LogP contribution in [0, 0.1) is 5.92 Å². The number of nitrogens with one attached hydrogen (secondary N) is 1. The Labute approximate surface area is 95.2 Å². The van der Waals surface area contributed by atoms with E-state index in [-0.39, 0.29) is 5.91 Å². The van der Waals surface area contributed by atoms with Crippen molar-refractivity contribution in [3.05, 3.63) is 23.7 Å². The molecule has 1 aliphatic rings. The van der Waals surface area contributed by atoms with Gasteiger partial charge in [-0.05, 0) is 30.9 Å². The van der Waals surface area contributed by atoms with E-state index < -0.39 is 0 Å². The van der Waals surface area contributed by atoms with Crippen molar-refractivity contribution in [3.8, 4) is 0 Å². The Kier molecular flexibility index (Phi) is 3.62. The number of nitrogens with two attached hydrogens (primary N) is 1. The molecular weight excluding hydrogens is 204 g/mol. The Morgan fingerprint density at radius 2 is 2.19 bits per heavy atom. The fourth-order valence-electron chi connectivity index (χ4n) is 2.15. The summed E-state index contributed by atoms with van der Waals surface area (Å²) in [5.41, 5.74) is 5.41. The van der Waals surface area contributed by atoms with Crippen LogP contribution in [0.4, 0.5) is 0 Å². The number of furan rings is 1. The lowest BCUT2D eigenvalue weighted by atomic mass is 10.1. The van der Waals surface area contributed by atoms with E-state index in [0.717, 1.165) is 6.54 Å². The predicted octanol–water partition coefficient (Wildman–Crippen LogP) is 1.66. The average molecular weight is 222 g/mol. The maximum atomic E-state index is 11.7. The summed E-state index contributed by atoms with van der Waals surface area (Å²) >= 11 is 0. The summed E-state index contributed by atoms with van der Waals surface area (Å²) in [6, 6.07) is 3.41. The second-order valence-electron chi connectivity index (χ2n) is 4.33. The maximum absolute atomic E-state index is 11.7. The molecule has 1 aromatic rings. The van der Waals surface area contributed by atoms with E-state index in [1.54, 1.807) is 12.1 Å². The second kappa shape index (κ2) is 5.16. The lowest BCUT2D eigenvalue weighted by Gasteiger charge is -2.09. The number of rotatable bonds is 4. The van der Waals surface area contributed by atoms with E-state index in [9.17, 15) is 4.79 Å². The van der Waals surface area contributed by atoms with Crippen LogP contribution in [0.25, 0.3) is 0 Å². The molecule has 3 N–H and O–H groups in total. The van der Waals surface area contributed by atoms with Gasteiger partial charge in [0, 0.05) is 6.54 Å². The van der Waals surface area contributed by atoms with Gasteiger partial charge in [-0.15, -0.1) is 0 Å². The van der Waals surface area contributed by atoms with E-state index in [4.69, 9.17) is 10.2 Å². The smallest absolute Gasteiger partial charge is 0.287 e. The van der Waals surface area contributed by atoms with Crippen molar-refractivity contribution in [1.82, 2.24) is 5.32 Å². The van der Waals surface area contributed by atoms with Crippen molar-refractivity contribution in [2.24, 2.45) is 11.7 Å². The van der Waals surface area contributed by atoms with Crippen LogP contribution >= 0.6 is 0 Å². The van der Waals surface area contributed by atoms with Crippen LogP contribution in [0.5, 0.6) is 0 Å². The highest BCUT2D eigenvalue weighted by Crippen LogP contribution is 2.23. The molecule has 0 spiro atoms. The molecule has 1 saturated carbocycles. The Hall–Kier alpha value is -1.29. The van der Waals surface area contributed by atoms with E-state index in [0.29, 0.717) is 24.0 Å². The van der Waals surface area contributed by atoms with Gasteiger partial charge in [-0.1, -0.05) is 12.8 Å². The highest BCUT2D eigenvalue weighted by Gasteiger charge is 2.17. The summed E-state index contributed by atoms with van der Waals surface area (Å²) in [5.74, 6) is 1.52. The van der Waals surface area contributed by atoms with Gasteiger partial charge in [0.15, 0.2) is 5.76 Å². The molecule has 0 saturated heterocycles. The minimum Gasteiger partial charge on any atom is -0.455 e. The molecule has 88 valence electrons. The fraction of sp³-hybridized carbons (Fsp3) is 0.583. The Morgan fingerprint density at radius 3 is 2.81 bits per heavy atom. The van der Waals surface area contributed by atoms with E-state index in [2.05, 4.69) is 5.32 Å². The maximum Gasteiger partial charge on any atom is 0.287 e. The largest absolute Gasteiger partial charge is 0.455 e. The van der Waals surface area contributed by atoms with Crippen molar-refractivity contribution >= 4 is 5.91 Å². The summed E-state index contributed by atoms with van der Waals surface area (Å²) in [5, 5.41) is 2.90. The van der Waals surface area contributed by atoms with Crippen LogP contribution < -0.4 is 11.1 Å². The first-order chi connectivity index (χ1) is 7.79. The molecule has 0 atom stereocenters. The molecule has 1 heterocycles. The number of carbonyl (C=O) groups is 1. The zero-order valence-corrected chi connectivity index (χ0v) is 9.37. The van der Waals surface area contributed by atoms with Crippen molar-refractivity contribution in [2.75, 3.05) is 6.54 Å². The first-order valence-electron chi connectivity index (χ1n) is 5.86. The monoisotopic (exact) mass is 222 g/mol. The van der Waals surface area contributed by atoms with E-state index >= 15 is 0 Å². The topological polar surface area (TPSA) is 68.3 Å². The molecule has 1 aliphatic carbocycles. The van der Waals surface area contributed by atoms with E-state index in [1.807, 2.05) is 0 Å². The van der Waals surface area contributed by atoms with Gasteiger partial charge in [0.1, 0.15) is 5.76 Å². The van der Waals surface area contributed by atoms with Gasteiger partial charge in [0.05, 0.1) is 6.54 Å². The highest BCUT2D eigenvalue weighted by molar-refractivity contribution is 5.91. The predicted molar refractivity (Wildman–Crippen MR) is 60.9 cm³/mol. The zero-order chi connectivity index (χ0) is 11.4. The van der Waals surface area contributed by atoms with Crippen LogP contribution in [0.15, 0.2) is 16.5 Å². The Bertz CT molecular complexity index is 354. The number of hydrogen-bond acceptors (Lipinski definition) is 3. The lowest BCUT2D eigenvalue weighted by Crippen LogP contribution is -2.27. The van der Waals surface area contributed by atoms with E-state index in [1.165, 1.54) is 25.7 Å². The van der Waals surface area contributed by atoms with Gasteiger partial charge in [0.2, 0.25) is 0 Å². The second-order valence-corrected chi connectivity index (χ2v) is 4.33. The van der Waals surface area contributed by atoms with Crippen LogP contribution in [-0.2, 0) is 6.54 Å². The third kappa shape index (κ3) is 2.64. The van der Waals surface area contributed by atoms with Gasteiger partial charge in [-0.3, -0.25) is 4.79 Å². The molecule has 0 bridgehead atoms. The number of amides is 1. The molecule has 0 radical (unpaired) electrons. The van der Waals surface area contributed by atoms with Crippen LogP contribution in [0.2, 0.25) is 0 Å². The lowest BCUT2D eigenvalue weighted by molar-refractivity contribution is 0.0918. The molecule has 0 unspecified atom stereocenters. The van der Waals surface area contributed by atoms with Crippen LogP contribution in [-0.4, -0.2) is 12.5 Å². The SMILES string of the molecule is NCc1ccc(C(=O)NCC2CCCC2)o1. The third-order valence-corrected chi connectivity index (χ3v) is 3.11. The molecule has 4 heteroatoms. The standard InChI is InChI=1S/C12H18N2O2/c13-7-10-5-6-11(16-10)12(15)14-8-9-3-1-2-4-9/h5-6,9H,1-4,7-8,13H2,(H,14,15). The first kappa shape index (κ1) is 11.2. The third-order valence-electron chi connectivity index (χ3n) is 3.11. The molecule has 4 nitrogen and oxygen atoms in total. The Balaban J connectivity index is 1.82. The Morgan fingerprint density at radius 1 is 1.44 bits per heavy atom. The molecule has 0 aliphatic heterocycles. The molecule has 0 aromatic carbocycles. The summed E-state index contributed by atoms with van der Waals surface area (Å²) in [7, 11) is 0. The van der Waals surface area contributed by atoms with Crippen LogP contribution in [0.3, 0.4) is 0 Å². The molecule has 1 aromatic heterocycles. The molecule has 16 heavy (non-hydrogen) atoms. The summed E-state index contributed by atoms with van der Waals surface area (Å²) in [4.78, 5) is 11.7. The average Bonchev–Trinajstić information content (AvgIpc) is 2.96. The minimum atomic E-state index is -0.133. The van der Waals surface area contributed by atoms with Crippen molar-refractivity contribution in [1.29, 1.82) is 0 Å².